The molecule has 0 heterocycles. The Morgan fingerprint density at radius 1 is 0.968 bits per heavy atom. The molecule has 0 unspecified atom stereocenters. The number of hydrogen-bond donors (Lipinski definition) is 1. The number of carbonyl (C=O) groups is 1. The van der Waals surface area contributed by atoms with Gasteiger partial charge in [-0.25, -0.2) is 0 Å². The summed E-state index contributed by atoms with van der Waals surface area (Å²) in [4.78, 5) is 13.9. The largest absolute Gasteiger partial charge is 0.484 e. The Morgan fingerprint density at radius 3 is 2.19 bits per heavy atom. The van der Waals surface area contributed by atoms with Gasteiger partial charge in [-0.15, -0.1) is 0 Å². The van der Waals surface area contributed by atoms with Crippen LogP contribution in [0.25, 0.3) is 10.8 Å². The molecule has 1 amide bonds. The van der Waals surface area contributed by atoms with Crippen molar-refractivity contribution in [3.8, 4) is 5.75 Å². The third-order valence-electron chi connectivity index (χ3n) is 5.55. The van der Waals surface area contributed by atoms with E-state index in [-0.39, 0.29) is 17.4 Å². The molecule has 3 aromatic carbocycles. The second-order valence-electron chi connectivity index (χ2n) is 7.49. The first kappa shape index (κ1) is 22.8. The molecule has 0 radical (unpaired) electrons. The Morgan fingerprint density at radius 2 is 1.58 bits per heavy atom. The van der Waals surface area contributed by atoms with Crippen molar-refractivity contribution in [3.05, 3.63) is 66.2 Å². The lowest BCUT2D eigenvalue weighted by Gasteiger charge is -2.19. The molecule has 0 aromatic heterocycles. The standard InChI is InChI=1S/C24H27NO5S/c1-4-17(5-2)18-7-11-22(12-8-18)30-16-24(26)25(3)21-10-6-20-15-23(31(27,28)29)13-9-19(20)14-21/h6-15,17H,4-5,16H2,1-3H3,(H,27,28,29). The van der Waals surface area contributed by atoms with E-state index in [0.717, 1.165) is 18.2 Å². The minimum atomic E-state index is -4.26. The molecule has 0 bridgehead atoms. The SMILES string of the molecule is CCC(CC)c1ccc(OCC(=O)N(C)c2ccc3cc(S(=O)(=O)O)ccc3c2)cc1. The van der Waals surface area contributed by atoms with Crippen molar-refractivity contribution < 1.29 is 22.5 Å². The summed E-state index contributed by atoms with van der Waals surface area (Å²) in [5.41, 5.74) is 1.93. The Bertz CT molecular complexity index is 1170. The highest BCUT2D eigenvalue weighted by Gasteiger charge is 2.14. The Labute approximate surface area is 183 Å². The van der Waals surface area contributed by atoms with Crippen LogP contribution >= 0.6 is 0 Å². The van der Waals surface area contributed by atoms with Crippen molar-refractivity contribution in [2.75, 3.05) is 18.6 Å². The van der Waals surface area contributed by atoms with Gasteiger partial charge in [0.2, 0.25) is 0 Å². The van der Waals surface area contributed by atoms with Crippen LogP contribution < -0.4 is 9.64 Å². The molecule has 0 saturated heterocycles. The third kappa shape index (κ3) is 5.42. The maximum absolute atomic E-state index is 12.6. The second-order valence-corrected chi connectivity index (χ2v) is 8.91. The Balaban J connectivity index is 1.67. The van der Waals surface area contributed by atoms with E-state index in [9.17, 15) is 17.8 Å². The number of hydrogen-bond acceptors (Lipinski definition) is 4. The number of carbonyl (C=O) groups excluding carboxylic acids is 1. The lowest BCUT2D eigenvalue weighted by molar-refractivity contribution is -0.120. The van der Waals surface area contributed by atoms with Crippen molar-refractivity contribution in [2.24, 2.45) is 0 Å². The summed E-state index contributed by atoms with van der Waals surface area (Å²) in [5.74, 6) is 0.967. The summed E-state index contributed by atoms with van der Waals surface area (Å²) in [6, 6.07) is 17.4. The monoisotopic (exact) mass is 441 g/mol. The van der Waals surface area contributed by atoms with Crippen LogP contribution in [-0.2, 0) is 14.9 Å². The molecule has 0 aliphatic rings. The van der Waals surface area contributed by atoms with E-state index in [1.165, 1.54) is 22.6 Å². The molecule has 6 nitrogen and oxygen atoms in total. The van der Waals surface area contributed by atoms with Gasteiger partial charge in [-0.05, 0) is 71.5 Å². The highest BCUT2D eigenvalue weighted by Crippen LogP contribution is 2.26. The average molecular weight is 442 g/mol. The maximum atomic E-state index is 12.6. The maximum Gasteiger partial charge on any atom is 0.294 e. The van der Waals surface area contributed by atoms with Crippen LogP contribution in [0.1, 0.15) is 38.2 Å². The molecule has 0 atom stereocenters. The van der Waals surface area contributed by atoms with E-state index in [4.69, 9.17) is 4.74 Å². The first-order valence-corrected chi connectivity index (χ1v) is 11.7. The predicted molar refractivity (Wildman–Crippen MR) is 122 cm³/mol. The van der Waals surface area contributed by atoms with Crippen LogP contribution in [0.4, 0.5) is 5.69 Å². The summed E-state index contributed by atoms with van der Waals surface area (Å²) >= 11 is 0. The van der Waals surface area contributed by atoms with E-state index in [0.29, 0.717) is 22.7 Å². The zero-order valence-corrected chi connectivity index (χ0v) is 18.7. The fraction of sp³-hybridized carbons (Fsp3) is 0.292. The third-order valence-corrected chi connectivity index (χ3v) is 6.40. The number of nitrogens with zero attached hydrogens (tertiary/aromatic N) is 1. The van der Waals surface area contributed by atoms with E-state index >= 15 is 0 Å². The van der Waals surface area contributed by atoms with Crippen molar-refractivity contribution in [2.45, 2.75) is 37.5 Å². The predicted octanol–water partition coefficient (Wildman–Crippen LogP) is 5.03. The number of likely N-dealkylation sites (N-methyl/N-ethyl adjacent to an activating group) is 1. The second kappa shape index (κ2) is 9.49. The van der Waals surface area contributed by atoms with Crippen LogP contribution in [0.5, 0.6) is 5.75 Å². The van der Waals surface area contributed by atoms with Gasteiger partial charge in [0.1, 0.15) is 5.75 Å². The summed E-state index contributed by atoms with van der Waals surface area (Å²) < 4.78 is 37.5. The van der Waals surface area contributed by atoms with Gasteiger partial charge in [-0.1, -0.05) is 38.1 Å². The molecule has 0 aliphatic heterocycles. The van der Waals surface area contributed by atoms with Crippen LogP contribution in [0.15, 0.2) is 65.6 Å². The number of rotatable bonds is 8. The van der Waals surface area contributed by atoms with Gasteiger partial charge in [0.05, 0.1) is 4.90 Å². The number of ether oxygens (including phenoxy) is 1. The van der Waals surface area contributed by atoms with Crippen molar-refractivity contribution in [1.82, 2.24) is 0 Å². The molecule has 0 aliphatic carbocycles. The van der Waals surface area contributed by atoms with E-state index in [2.05, 4.69) is 13.8 Å². The smallest absolute Gasteiger partial charge is 0.294 e. The molecule has 164 valence electrons. The summed E-state index contributed by atoms with van der Waals surface area (Å²) in [7, 11) is -2.60. The zero-order valence-electron chi connectivity index (χ0n) is 17.9. The van der Waals surface area contributed by atoms with E-state index in [1.54, 1.807) is 31.3 Å². The fourth-order valence-corrected chi connectivity index (χ4v) is 4.08. The minimum Gasteiger partial charge on any atom is -0.484 e. The number of anilines is 1. The molecule has 3 rings (SSSR count). The van der Waals surface area contributed by atoms with Gasteiger partial charge < -0.3 is 9.64 Å². The molecule has 7 heteroatoms. The van der Waals surface area contributed by atoms with Crippen molar-refractivity contribution >= 4 is 32.5 Å². The first-order valence-electron chi connectivity index (χ1n) is 10.2. The molecule has 1 N–H and O–H groups in total. The van der Waals surface area contributed by atoms with Gasteiger partial charge in [-0.2, -0.15) is 8.42 Å². The van der Waals surface area contributed by atoms with Gasteiger partial charge in [0, 0.05) is 12.7 Å². The van der Waals surface area contributed by atoms with Crippen LogP contribution in [0, 0.1) is 0 Å². The highest BCUT2D eigenvalue weighted by molar-refractivity contribution is 7.85. The van der Waals surface area contributed by atoms with E-state index in [1.807, 2.05) is 24.3 Å². The Kier molecular flexibility index (Phi) is 6.97. The summed E-state index contributed by atoms with van der Waals surface area (Å²) in [5, 5.41) is 1.40. The van der Waals surface area contributed by atoms with Gasteiger partial charge in [-0.3, -0.25) is 9.35 Å². The average Bonchev–Trinajstić information content (AvgIpc) is 2.77. The fourth-order valence-electron chi connectivity index (χ4n) is 3.56. The van der Waals surface area contributed by atoms with Crippen LogP contribution in [-0.4, -0.2) is 32.5 Å². The number of amides is 1. The van der Waals surface area contributed by atoms with Crippen molar-refractivity contribution in [1.29, 1.82) is 0 Å². The molecular weight excluding hydrogens is 414 g/mol. The van der Waals surface area contributed by atoms with E-state index < -0.39 is 10.1 Å². The molecule has 31 heavy (non-hydrogen) atoms. The van der Waals surface area contributed by atoms with Crippen LogP contribution in [0.3, 0.4) is 0 Å². The van der Waals surface area contributed by atoms with Gasteiger partial charge >= 0.3 is 0 Å². The lowest BCUT2D eigenvalue weighted by Crippen LogP contribution is -2.31. The number of benzene rings is 3. The first-order chi connectivity index (χ1) is 14.7. The lowest BCUT2D eigenvalue weighted by atomic mass is 9.94. The summed E-state index contributed by atoms with van der Waals surface area (Å²) in [6.45, 7) is 4.25. The van der Waals surface area contributed by atoms with Gasteiger partial charge in [0.25, 0.3) is 16.0 Å². The molecule has 0 spiro atoms. The quantitative estimate of drug-likeness (QED) is 0.496. The summed E-state index contributed by atoms with van der Waals surface area (Å²) in [6.07, 6.45) is 2.17. The molecule has 3 aromatic rings. The number of fused-ring (bicyclic) bond motifs is 1. The normalized spacial score (nSPS) is 11.6. The minimum absolute atomic E-state index is 0.0967. The zero-order chi connectivity index (χ0) is 22.6. The highest BCUT2D eigenvalue weighted by atomic mass is 32.2. The van der Waals surface area contributed by atoms with Crippen LogP contribution in [0.2, 0.25) is 0 Å². The van der Waals surface area contributed by atoms with Crippen molar-refractivity contribution in [3.63, 3.8) is 0 Å². The van der Waals surface area contributed by atoms with Gasteiger partial charge in [0.15, 0.2) is 6.61 Å². The molecule has 0 fully saturated rings. The molecular formula is C24H27NO5S. The topological polar surface area (TPSA) is 83.9 Å². The molecule has 0 saturated carbocycles. The Hall–Kier alpha value is -2.90.